The van der Waals surface area contributed by atoms with Gasteiger partial charge in [0.25, 0.3) is 5.91 Å². The Balaban J connectivity index is 2.95. The van der Waals surface area contributed by atoms with Gasteiger partial charge in [-0.15, -0.1) is 6.42 Å². The van der Waals surface area contributed by atoms with Crippen molar-refractivity contribution < 1.29 is 9.32 Å². The molecule has 0 fully saturated rings. The van der Waals surface area contributed by atoms with Gasteiger partial charge in [0, 0.05) is 6.54 Å². The van der Waals surface area contributed by atoms with Gasteiger partial charge in [0.1, 0.15) is 11.3 Å². The largest absolute Gasteiger partial charge is 0.361 e. The summed E-state index contributed by atoms with van der Waals surface area (Å²) < 4.78 is 4.97. The predicted octanol–water partition coefficient (Wildman–Crippen LogP) is 1.78. The number of amides is 1. The number of rotatable bonds is 4. The number of aromatic nitrogens is 1. The average Bonchev–Trinajstić information content (AvgIpc) is 2.57. The highest BCUT2D eigenvalue weighted by molar-refractivity contribution is 5.96. The Hall–Kier alpha value is -1.76. The molecular formula is C12H16N2O2. The molecule has 0 saturated carbocycles. The lowest BCUT2D eigenvalue weighted by molar-refractivity contribution is 0.0774. The number of aryl methyl sites for hydroxylation is 2. The van der Waals surface area contributed by atoms with E-state index in [0.29, 0.717) is 30.1 Å². The van der Waals surface area contributed by atoms with Crippen LogP contribution in [0.15, 0.2) is 4.52 Å². The smallest absolute Gasteiger partial charge is 0.260 e. The predicted molar refractivity (Wildman–Crippen MR) is 61.0 cm³/mol. The molecular weight excluding hydrogens is 204 g/mol. The zero-order valence-electron chi connectivity index (χ0n) is 9.91. The van der Waals surface area contributed by atoms with Crippen LogP contribution < -0.4 is 0 Å². The average molecular weight is 220 g/mol. The van der Waals surface area contributed by atoms with E-state index in [9.17, 15) is 4.79 Å². The Morgan fingerprint density at radius 1 is 1.56 bits per heavy atom. The number of hydrogen-bond acceptors (Lipinski definition) is 3. The quantitative estimate of drug-likeness (QED) is 0.726. The first-order valence-electron chi connectivity index (χ1n) is 5.27. The zero-order valence-corrected chi connectivity index (χ0v) is 9.91. The molecule has 0 spiro atoms. The molecule has 1 heterocycles. The Kier molecular flexibility index (Phi) is 4.12. The van der Waals surface area contributed by atoms with Crippen LogP contribution >= 0.6 is 0 Å². The maximum Gasteiger partial charge on any atom is 0.260 e. The number of carbonyl (C=O) groups excluding carboxylic acids is 1. The maximum atomic E-state index is 12.2. The van der Waals surface area contributed by atoms with Gasteiger partial charge in [-0.05, 0) is 20.3 Å². The minimum atomic E-state index is -0.101. The first-order chi connectivity index (χ1) is 7.61. The van der Waals surface area contributed by atoms with Crippen LogP contribution in [0.1, 0.15) is 35.2 Å². The van der Waals surface area contributed by atoms with E-state index in [1.54, 1.807) is 18.7 Å². The molecule has 0 N–H and O–H groups in total. The van der Waals surface area contributed by atoms with Gasteiger partial charge in [0.2, 0.25) is 0 Å². The fraction of sp³-hybridized carbons (Fsp3) is 0.500. The minimum Gasteiger partial charge on any atom is -0.361 e. The second-order valence-electron chi connectivity index (χ2n) is 3.63. The highest BCUT2D eigenvalue weighted by Gasteiger charge is 2.22. The number of carbonyl (C=O) groups is 1. The molecule has 0 aliphatic rings. The second kappa shape index (κ2) is 5.36. The van der Waals surface area contributed by atoms with Crippen molar-refractivity contribution in [3.8, 4) is 12.3 Å². The maximum absolute atomic E-state index is 12.2. The molecule has 0 radical (unpaired) electrons. The lowest BCUT2D eigenvalue weighted by Gasteiger charge is -2.18. The van der Waals surface area contributed by atoms with Crippen LogP contribution in [-0.2, 0) is 0 Å². The van der Waals surface area contributed by atoms with Crippen molar-refractivity contribution in [1.82, 2.24) is 10.1 Å². The Morgan fingerprint density at radius 3 is 2.69 bits per heavy atom. The van der Waals surface area contributed by atoms with Crippen molar-refractivity contribution in [3.63, 3.8) is 0 Å². The van der Waals surface area contributed by atoms with Crippen molar-refractivity contribution in [2.75, 3.05) is 13.1 Å². The molecule has 0 saturated heterocycles. The van der Waals surface area contributed by atoms with Gasteiger partial charge < -0.3 is 9.42 Å². The molecule has 86 valence electrons. The molecule has 1 amide bonds. The fourth-order valence-corrected chi connectivity index (χ4v) is 1.58. The summed E-state index contributed by atoms with van der Waals surface area (Å²) >= 11 is 0. The van der Waals surface area contributed by atoms with Crippen LogP contribution in [0, 0.1) is 26.2 Å². The van der Waals surface area contributed by atoms with Gasteiger partial charge in [0.15, 0.2) is 0 Å². The van der Waals surface area contributed by atoms with Crippen LogP contribution in [-0.4, -0.2) is 29.1 Å². The zero-order chi connectivity index (χ0) is 12.1. The summed E-state index contributed by atoms with van der Waals surface area (Å²) in [6, 6.07) is 0. The van der Waals surface area contributed by atoms with Crippen molar-refractivity contribution in [3.05, 3.63) is 17.0 Å². The normalized spacial score (nSPS) is 9.88. The molecule has 0 aliphatic carbocycles. The Bertz CT molecular complexity index is 396. The molecule has 0 aromatic carbocycles. The first kappa shape index (κ1) is 12.3. The van der Waals surface area contributed by atoms with Crippen LogP contribution in [0.4, 0.5) is 0 Å². The van der Waals surface area contributed by atoms with Crippen molar-refractivity contribution >= 4 is 5.91 Å². The molecule has 1 rings (SSSR count). The lowest BCUT2D eigenvalue weighted by Crippen LogP contribution is -2.32. The highest BCUT2D eigenvalue weighted by atomic mass is 16.5. The summed E-state index contributed by atoms with van der Waals surface area (Å²) in [4.78, 5) is 13.8. The van der Waals surface area contributed by atoms with E-state index in [4.69, 9.17) is 10.9 Å². The van der Waals surface area contributed by atoms with Crippen LogP contribution in [0.5, 0.6) is 0 Å². The summed E-state index contributed by atoms with van der Waals surface area (Å²) in [7, 11) is 0. The third-order valence-corrected chi connectivity index (χ3v) is 2.31. The topological polar surface area (TPSA) is 46.3 Å². The molecule has 4 heteroatoms. The Labute approximate surface area is 95.6 Å². The van der Waals surface area contributed by atoms with E-state index in [-0.39, 0.29) is 5.91 Å². The van der Waals surface area contributed by atoms with Crippen molar-refractivity contribution in [2.24, 2.45) is 0 Å². The lowest BCUT2D eigenvalue weighted by atomic mass is 10.1. The summed E-state index contributed by atoms with van der Waals surface area (Å²) in [6.07, 6.45) is 6.12. The van der Waals surface area contributed by atoms with Crippen LogP contribution in [0.3, 0.4) is 0 Å². The third kappa shape index (κ3) is 2.43. The van der Waals surface area contributed by atoms with Crippen molar-refractivity contribution in [1.29, 1.82) is 0 Å². The summed E-state index contributed by atoms with van der Waals surface area (Å²) in [6.45, 7) is 6.45. The highest BCUT2D eigenvalue weighted by Crippen LogP contribution is 2.15. The molecule has 1 aromatic rings. The minimum absolute atomic E-state index is 0.101. The van der Waals surface area contributed by atoms with Gasteiger partial charge >= 0.3 is 0 Å². The van der Waals surface area contributed by atoms with Gasteiger partial charge in [0.05, 0.1) is 12.2 Å². The fourth-order valence-electron chi connectivity index (χ4n) is 1.58. The molecule has 0 atom stereocenters. The SMILES string of the molecule is C#CCN(CCC)C(=O)c1c(C)noc1C. The molecule has 0 bridgehead atoms. The van der Waals surface area contributed by atoms with Crippen LogP contribution in [0.25, 0.3) is 0 Å². The summed E-state index contributed by atoms with van der Waals surface area (Å²) in [5, 5.41) is 3.77. The number of hydrogen-bond donors (Lipinski definition) is 0. The summed E-state index contributed by atoms with van der Waals surface area (Å²) in [5.41, 5.74) is 1.14. The van der Waals surface area contributed by atoms with E-state index >= 15 is 0 Å². The molecule has 0 aliphatic heterocycles. The Morgan fingerprint density at radius 2 is 2.25 bits per heavy atom. The van der Waals surface area contributed by atoms with E-state index in [1.165, 1.54) is 0 Å². The number of nitrogens with zero attached hydrogens (tertiary/aromatic N) is 2. The van der Waals surface area contributed by atoms with Crippen molar-refractivity contribution in [2.45, 2.75) is 27.2 Å². The standard InChI is InChI=1S/C12H16N2O2/c1-5-7-14(8-6-2)12(15)11-9(3)13-16-10(11)4/h1H,6-8H2,2-4H3. The van der Waals surface area contributed by atoms with E-state index in [1.807, 2.05) is 6.92 Å². The monoisotopic (exact) mass is 220 g/mol. The van der Waals surface area contributed by atoms with Gasteiger partial charge in [-0.1, -0.05) is 18.0 Å². The third-order valence-electron chi connectivity index (χ3n) is 2.31. The first-order valence-corrected chi connectivity index (χ1v) is 5.27. The van der Waals surface area contributed by atoms with Gasteiger partial charge in [-0.25, -0.2) is 0 Å². The molecule has 16 heavy (non-hydrogen) atoms. The van der Waals surface area contributed by atoms with E-state index in [2.05, 4.69) is 11.1 Å². The second-order valence-corrected chi connectivity index (χ2v) is 3.63. The van der Waals surface area contributed by atoms with Gasteiger partial charge in [-0.3, -0.25) is 4.79 Å². The van der Waals surface area contributed by atoms with E-state index in [0.717, 1.165) is 6.42 Å². The molecule has 1 aromatic heterocycles. The molecule has 4 nitrogen and oxygen atoms in total. The van der Waals surface area contributed by atoms with Crippen LogP contribution in [0.2, 0.25) is 0 Å². The number of terminal acetylenes is 1. The summed E-state index contributed by atoms with van der Waals surface area (Å²) in [5.74, 6) is 2.93. The van der Waals surface area contributed by atoms with Gasteiger partial charge in [-0.2, -0.15) is 0 Å². The molecule has 0 unspecified atom stereocenters. The van der Waals surface area contributed by atoms with E-state index < -0.39 is 0 Å².